The van der Waals surface area contributed by atoms with Crippen LogP contribution in [0.2, 0.25) is 10.0 Å². The van der Waals surface area contributed by atoms with Gasteiger partial charge in [-0.15, -0.1) is 11.8 Å². The fourth-order valence-corrected chi connectivity index (χ4v) is 3.10. The van der Waals surface area contributed by atoms with Gasteiger partial charge >= 0.3 is 0 Å². The molecular formula is C13H8Cl2N2O2S. The van der Waals surface area contributed by atoms with E-state index in [0.717, 1.165) is 4.90 Å². The first-order valence-corrected chi connectivity index (χ1v) is 7.41. The van der Waals surface area contributed by atoms with Gasteiger partial charge in [-0.3, -0.25) is 0 Å². The zero-order chi connectivity index (χ0) is 13.9. The molecule has 20 heavy (non-hydrogen) atoms. The van der Waals surface area contributed by atoms with Crippen molar-refractivity contribution in [3.05, 3.63) is 52.5 Å². The summed E-state index contributed by atoms with van der Waals surface area (Å²) in [5.74, 6) is 1.96. The Hall–Kier alpha value is -1.43. The van der Waals surface area contributed by atoms with Crippen molar-refractivity contribution in [1.82, 2.24) is 10.1 Å². The molecule has 4 nitrogen and oxygen atoms in total. The molecule has 0 aliphatic heterocycles. The van der Waals surface area contributed by atoms with Crippen LogP contribution in [0.4, 0.5) is 0 Å². The van der Waals surface area contributed by atoms with Crippen molar-refractivity contribution in [3.63, 3.8) is 0 Å². The van der Waals surface area contributed by atoms with Crippen LogP contribution in [0.25, 0.3) is 11.7 Å². The topological polar surface area (TPSA) is 52.1 Å². The fourth-order valence-electron chi connectivity index (χ4n) is 1.57. The minimum absolute atomic E-state index is 0.357. The first-order valence-electron chi connectivity index (χ1n) is 5.67. The standard InChI is InChI=1S/C13H8Cl2N2O2S/c14-8-3-1-4-9(15)12(8)20-7-11-16-13(19-17-11)10-5-2-6-18-10/h1-6H,7H2. The summed E-state index contributed by atoms with van der Waals surface area (Å²) in [4.78, 5) is 5.05. The summed E-state index contributed by atoms with van der Waals surface area (Å²) in [5, 5.41) is 5.11. The van der Waals surface area contributed by atoms with Crippen molar-refractivity contribution in [3.8, 4) is 11.7 Å². The largest absolute Gasteiger partial charge is 0.459 e. The third-order valence-corrected chi connectivity index (χ3v) is 4.45. The van der Waals surface area contributed by atoms with Gasteiger partial charge in [0.25, 0.3) is 5.89 Å². The third kappa shape index (κ3) is 2.85. The van der Waals surface area contributed by atoms with E-state index >= 15 is 0 Å². The summed E-state index contributed by atoms with van der Waals surface area (Å²) in [7, 11) is 0. The zero-order valence-corrected chi connectivity index (χ0v) is 12.4. The van der Waals surface area contributed by atoms with E-state index in [1.165, 1.54) is 11.8 Å². The molecule has 0 fully saturated rings. The maximum Gasteiger partial charge on any atom is 0.293 e. The normalized spacial score (nSPS) is 10.9. The molecule has 2 heterocycles. The van der Waals surface area contributed by atoms with Gasteiger partial charge in [0.05, 0.1) is 22.1 Å². The number of rotatable bonds is 4. The maximum atomic E-state index is 6.10. The summed E-state index contributed by atoms with van der Waals surface area (Å²) < 4.78 is 10.3. The molecule has 7 heteroatoms. The molecule has 0 N–H and O–H groups in total. The van der Waals surface area contributed by atoms with E-state index < -0.39 is 0 Å². The number of nitrogens with zero attached hydrogens (tertiary/aromatic N) is 2. The predicted octanol–water partition coefficient (Wildman–Crippen LogP) is 4.93. The second-order valence-electron chi connectivity index (χ2n) is 3.83. The van der Waals surface area contributed by atoms with Crippen LogP contribution in [0, 0.1) is 0 Å². The zero-order valence-electron chi connectivity index (χ0n) is 10.0. The van der Waals surface area contributed by atoms with Gasteiger partial charge in [0.2, 0.25) is 0 Å². The predicted molar refractivity (Wildman–Crippen MR) is 78.0 cm³/mol. The highest BCUT2D eigenvalue weighted by atomic mass is 35.5. The lowest BCUT2D eigenvalue weighted by atomic mass is 10.4. The molecule has 2 aromatic heterocycles. The molecule has 0 spiro atoms. The van der Waals surface area contributed by atoms with Crippen molar-refractivity contribution in [2.24, 2.45) is 0 Å². The Morgan fingerprint density at radius 3 is 2.60 bits per heavy atom. The molecule has 0 atom stereocenters. The molecule has 0 saturated carbocycles. The van der Waals surface area contributed by atoms with Crippen LogP contribution < -0.4 is 0 Å². The van der Waals surface area contributed by atoms with Gasteiger partial charge in [-0.1, -0.05) is 34.4 Å². The summed E-state index contributed by atoms with van der Waals surface area (Å²) in [5.41, 5.74) is 0. The number of benzene rings is 1. The molecule has 0 aliphatic rings. The fraction of sp³-hybridized carbons (Fsp3) is 0.0769. The Bertz CT molecular complexity index is 693. The van der Waals surface area contributed by atoms with Crippen molar-refractivity contribution in [1.29, 1.82) is 0 Å². The van der Waals surface area contributed by atoms with E-state index in [0.29, 0.717) is 33.3 Å². The lowest BCUT2D eigenvalue weighted by molar-refractivity contribution is 0.411. The van der Waals surface area contributed by atoms with Crippen LogP contribution in [0.15, 0.2) is 50.4 Å². The molecule has 3 aromatic rings. The van der Waals surface area contributed by atoms with E-state index in [2.05, 4.69) is 10.1 Å². The van der Waals surface area contributed by atoms with Crippen LogP contribution >= 0.6 is 35.0 Å². The van der Waals surface area contributed by atoms with Crippen LogP contribution in [-0.2, 0) is 5.75 Å². The maximum absolute atomic E-state index is 6.10. The van der Waals surface area contributed by atoms with E-state index in [4.69, 9.17) is 32.1 Å². The van der Waals surface area contributed by atoms with Gasteiger partial charge in [-0.25, -0.2) is 0 Å². The Morgan fingerprint density at radius 1 is 1.10 bits per heavy atom. The van der Waals surface area contributed by atoms with Crippen molar-refractivity contribution in [2.75, 3.05) is 0 Å². The minimum Gasteiger partial charge on any atom is -0.459 e. The molecule has 0 aliphatic carbocycles. The molecule has 0 bridgehead atoms. The van der Waals surface area contributed by atoms with Gasteiger partial charge in [0, 0.05) is 4.90 Å². The monoisotopic (exact) mass is 326 g/mol. The van der Waals surface area contributed by atoms with Crippen LogP contribution in [0.5, 0.6) is 0 Å². The van der Waals surface area contributed by atoms with Gasteiger partial charge in [-0.2, -0.15) is 4.98 Å². The summed E-state index contributed by atoms with van der Waals surface area (Å²) in [6, 6.07) is 8.91. The Labute approximate surface area is 129 Å². The number of thioether (sulfide) groups is 1. The molecule has 0 amide bonds. The van der Waals surface area contributed by atoms with Crippen molar-refractivity contribution >= 4 is 35.0 Å². The second-order valence-corrected chi connectivity index (χ2v) is 5.63. The highest BCUT2D eigenvalue weighted by Gasteiger charge is 2.13. The summed E-state index contributed by atoms with van der Waals surface area (Å²) in [6.45, 7) is 0. The molecular weight excluding hydrogens is 319 g/mol. The molecule has 0 unspecified atom stereocenters. The first-order chi connectivity index (χ1) is 9.74. The molecule has 1 aromatic carbocycles. The molecule has 3 rings (SSSR count). The summed E-state index contributed by atoms with van der Waals surface area (Å²) in [6.07, 6.45) is 1.55. The van der Waals surface area contributed by atoms with Gasteiger partial charge in [0.15, 0.2) is 11.6 Å². The highest BCUT2D eigenvalue weighted by Crippen LogP contribution is 2.35. The molecule has 0 radical (unpaired) electrons. The number of halogens is 2. The number of aromatic nitrogens is 2. The van der Waals surface area contributed by atoms with Gasteiger partial charge in [-0.05, 0) is 24.3 Å². The Morgan fingerprint density at radius 2 is 1.90 bits per heavy atom. The SMILES string of the molecule is Clc1cccc(Cl)c1SCc1noc(-c2ccco2)n1. The van der Waals surface area contributed by atoms with Gasteiger partial charge < -0.3 is 8.94 Å². The van der Waals surface area contributed by atoms with E-state index in [1.807, 2.05) is 0 Å². The average molecular weight is 327 g/mol. The lowest BCUT2D eigenvalue weighted by Gasteiger charge is -2.03. The Kier molecular flexibility index (Phi) is 4.00. The van der Waals surface area contributed by atoms with Crippen LogP contribution in [0.3, 0.4) is 0 Å². The first kappa shape index (κ1) is 13.5. The van der Waals surface area contributed by atoms with Crippen LogP contribution in [0.1, 0.15) is 5.82 Å². The average Bonchev–Trinajstić information content (AvgIpc) is 3.09. The number of hydrogen-bond acceptors (Lipinski definition) is 5. The number of furan rings is 1. The number of hydrogen-bond donors (Lipinski definition) is 0. The highest BCUT2D eigenvalue weighted by molar-refractivity contribution is 7.98. The minimum atomic E-state index is 0.357. The smallest absolute Gasteiger partial charge is 0.293 e. The van der Waals surface area contributed by atoms with Crippen LogP contribution in [-0.4, -0.2) is 10.1 Å². The van der Waals surface area contributed by atoms with E-state index in [-0.39, 0.29) is 0 Å². The van der Waals surface area contributed by atoms with E-state index in [9.17, 15) is 0 Å². The molecule has 0 saturated heterocycles. The third-order valence-electron chi connectivity index (χ3n) is 2.46. The van der Waals surface area contributed by atoms with Crippen molar-refractivity contribution in [2.45, 2.75) is 10.6 Å². The van der Waals surface area contributed by atoms with Crippen molar-refractivity contribution < 1.29 is 8.94 Å². The van der Waals surface area contributed by atoms with E-state index in [1.54, 1.807) is 36.6 Å². The Balaban J connectivity index is 1.73. The lowest BCUT2D eigenvalue weighted by Crippen LogP contribution is -1.85. The van der Waals surface area contributed by atoms with Gasteiger partial charge in [0.1, 0.15) is 0 Å². The quantitative estimate of drug-likeness (QED) is 0.636. The molecule has 102 valence electrons. The second kappa shape index (κ2) is 5.91. The summed E-state index contributed by atoms with van der Waals surface area (Å²) >= 11 is 13.7.